The van der Waals surface area contributed by atoms with Crippen LogP contribution in [0.1, 0.15) is 113 Å². The number of hydrogen-bond acceptors (Lipinski definition) is 2. The van der Waals surface area contributed by atoms with Crippen molar-refractivity contribution < 1.29 is 15.0 Å². The van der Waals surface area contributed by atoms with E-state index in [1.807, 2.05) is 0 Å². The molecule has 0 radical (unpaired) electrons. The first-order valence-electron chi connectivity index (χ1n) is 13.8. The van der Waals surface area contributed by atoms with Gasteiger partial charge in [0, 0.05) is 0 Å². The Balaban J connectivity index is 1.60. The topological polar surface area (TPSA) is 57.5 Å². The SMILES string of the molecule is CC1(C)CC[C@]2(C(=O)O)CC[C@]3(C)C(=CCC4[C@@]5(C)CC[C@@H](O)C(C)(C)C5CC[C@]43C)C2C1. The second-order valence-electron chi connectivity index (χ2n) is 15.1. The van der Waals surface area contributed by atoms with Crippen LogP contribution >= 0.6 is 0 Å². The third-order valence-corrected chi connectivity index (χ3v) is 13.0. The minimum Gasteiger partial charge on any atom is -0.481 e. The summed E-state index contributed by atoms with van der Waals surface area (Å²) in [7, 11) is 0. The van der Waals surface area contributed by atoms with E-state index in [-0.39, 0.29) is 39.1 Å². The molecular formula is C30H48O3. The van der Waals surface area contributed by atoms with Crippen LogP contribution in [0.2, 0.25) is 0 Å². The van der Waals surface area contributed by atoms with Gasteiger partial charge in [0.25, 0.3) is 0 Å². The molecule has 0 amide bonds. The van der Waals surface area contributed by atoms with Crippen molar-refractivity contribution in [1.29, 1.82) is 0 Å². The molecule has 3 nitrogen and oxygen atoms in total. The van der Waals surface area contributed by atoms with Crippen LogP contribution in [0.25, 0.3) is 0 Å². The van der Waals surface area contributed by atoms with Gasteiger partial charge in [-0.15, -0.1) is 0 Å². The van der Waals surface area contributed by atoms with Crippen molar-refractivity contribution in [2.75, 3.05) is 0 Å². The second-order valence-corrected chi connectivity index (χ2v) is 15.1. The van der Waals surface area contributed by atoms with E-state index in [1.54, 1.807) is 0 Å². The number of aliphatic hydroxyl groups is 1. The average molecular weight is 457 g/mol. The summed E-state index contributed by atoms with van der Waals surface area (Å²) in [5, 5.41) is 21.4. The summed E-state index contributed by atoms with van der Waals surface area (Å²) in [6.45, 7) is 16.9. The van der Waals surface area contributed by atoms with Gasteiger partial charge in [0.2, 0.25) is 0 Å². The number of fused-ring (bicyclic) bond motifs is 7. The molecule has 4 saturated carbocycles. The number of carbonyl (C=O) groups is 1. The Bertz CT molecular complexity index is 885. The summed E-state index contributed by atoms with van der Waals surface area (Å²) < 4.78 is 0. The van der Waals surface area contributed by atoms with Gasteiger partial charge in [-0.3, -0.25) is 4.79 Å². The number of carboxylic acid groups (broad SMARTS) is 1. The van der Waals surface area contributed by atoms with Gasteiger partial charge in [-0.2, -0.15) is 0 Å². The lowest BCUT2D eigenvalue weighted by Gasteiger charge is -2.71. The Kier molecular flexibility index (Phi) is 4.99. The fourth-order valence-corrected chi connectivity index (χ4v) is 10.6. The Morgan fingerprint density at radius 1 is 0.879 bits per heavy atom. The molecule has 2 N–H and O–H groups in total. The van der Waals surface area contributed by atoms with Gasteiger partial charge in [-0.25, -0.2) is 0 Å². The highest BCUT2D eigenvalue weighted by molar-refractivity contribution is 5.76. The molecule has 0 heterocycles. The number of rotatable bonds is 1. The summed E-state index contributed by atoms with van der Waals surface area (Å²) >= 11 is 0. The molecule has 8 atom stereocenters. The summed E-state index contributed by atoms with van der Waals surface area (Å²) in [5.74, 6) is 0.807. The van der Waals surface area contributed by atoms with Gasteiger partial charge in [-0.05, 0) is 109 Å². The zero-order valence-corrected chi connectivity index (χ0v) is 22.3. The van der Waals surface area contributed by atoms with Crippen molar-refractivity contribution in [2.24, 2.45) is 50.2 Å². The molecule has 0 aliphatic heterocycles. The fraction of sp³-hybridized carbons (Fsp3) is 0.900. The smallest absolute Gasteiger partial charge is 0.310 e. The van der Waals surface area contributed by atoms with Crippen LogP contribution < -0.4 is 0 Å². The zero-order valence-electron chi connectivity index (χ0n) is 22.3. The predicted molar refractivity (Wildman–Crippen MR) is 133 cm³/mol. The number of hydrogen-bond donors (Lipinski definition) is 2. The monoisotopic (exact) mass is 456 g/mol. The molecule has 0 aromatic heterocycles. The van der Waals surface area contributed by atoms with Crippen LogP contribution in [0, 0.1) is 50.2 Å². The standard InChI is InChI=1S/C30H48O3/c1-25(2)14-16-30(24(32)33)17-15-28(6)19(20(30)18-25)8-9-22-27(5)12-11-23(31)26(3,4)21(27)10-13-29(22,28)7/h8,20-23,31H,9-18H2,1-7H3,(H,32,33)/t20?,21?,22?,23-,27+,28-,29-,30+/m1/s1. The maximum atomic E-state index is 12.8. The fourth-order valence-electron chi connectivity index (χ4n) is 10.6. The van der Waals surface area contributed by atoms with Crippen LogP contribution in [-0.2, 0) is 4.79 Å². The van der Waals surface area contributed by atoms with Crippen LogP contribution in [0.5, 0.6) is 0 Å². The molecule has 0 bridgehead atoms. The lowest BCUT2D eigenvalue weighted by molar-refractivity contribution is -0.205. The van der Waals surface area contributed by atoms with Crippen molar-refractivity contribution in [3.05, 3.63) is 11.6 Å². The van der Waals surface area contributed by atoms with Gasteiger partial charge in [0.15, 0.2) is 0 Å². The number of allylic oxidation sites excluding steroid dienone is 2. The average Bonchev–Trinajstić information content (AvgIpc) is 2.71. The molecule has 3 heteroatoms. The van der Waals surface area contributed by atoms with Gasteiger partial charge in [-0.1, -0.05) is 60.1 Å². The largest absolute Gasteiger partial charge is 0.481 e. The molecule has 0 spiro atoms. The van der Waals surface area contributed by atoms with E-state index in [4.69, 9.17) is 0 Å². The van der Waals surface area contributed by atoms with E-state index in [9.17, 15) is 15.0 Å². The van der Waals surface area contributed by atoms with Gasteiger partial charge >= 0.3 is 5.97 Å². The quantitative estimate of drug-likeness (QED) is 0.409. The van der Waals surface area contributed by atoms with E-state index in [0.717, 1.165) is 51.4 Å². The van der Waals surface area contributed by atoms with Crippen LogP contribution in [0.3, 0.4) is 0 Å². The van der Waals surface area contributed by atoms with Crippen molar-refractivity contribution in [1.82, 2.24) is 0 Å². The summed E-state index contributed by atoms with van der Waals surface area (Å²) in [4.78, 5) is 12.8. The zero-order chi connectivity index (χ0) is 24.2. The summed E-state index contributed by atoms with van der Waals surface area (Å²) in [6, 6.07) is 0. The van der Waals surface area contributed by atoms with E-state index in [2.05, 4.69) is 54.5 Å². The number of aliphatic hydroxyl groups excluding tert-OH is 1. The summed E-state index contributed by atoms with van der Waals surface area (Å²) in [6.07, 6.45) is 12.6. The van der Waals surface area contributed by atoms with E-state index in [0.29, 0.717) is 11.8 Å². The molecule has 5 aliphatic rings. The van der Waals surface area contributed by atoms with Gasteiger partial charge in [0.05, 0.1) is 11.5 Å². The van der Waals surface area contributed by atoms with Crippen molar-refractivity contribution in [3.8, 4) is 0 Å². The van der Waals surface area contributed by atoms with Crippen molar-refractivity contribution >= 4 is 5.97 Å². The predicted octanol–water partition coefficient (Wildman–Crippen LogP) is 7.23. The number of aliphatic carboxylic acids is 1. The van der Waals surface area contributed by atoms with Crippen molar-refractivity contribution in [3.63, 3.8) is 0 Å². The highest BCUT2D eigenvalue weighted by Gasteiger charge is 2.69. The first-order valence-corrected chi connectivity index (χ1v) is 13.8. The van der Waals surface area contributed by atoms with Gasteiger partial charge < -0.3 is 10.2 Å². The second kappa shape index (κ2) is 6.89. The highest BCUT2D eigenvalue weighted by atomic mass is 16.4. The molecule has 33 heavy (non-hydrogen) atoms. The minimum absolute atomic E-state index is 0.0301. The molecule has 5 aliphatic carbocycles. The first kappa shape index (κ1) is 23.9. The molecule has 0 aromatic carbocycles. The maximum absolute atomic E-state index is 12.8. The highest BCUT2D eigenvalue weighted by Crippen LogP contribution is 2.75. The third kappa shape index (κ3) is 2.87. The summed E-state index contributed by atoms with van der Waals surface area (Å²) in [5.41, 5.74) is 1.68. The Morgan fingerprint density at radius 3 is 2.21 bits per heavy atom. The van der Waals surface area contributed by atoms with E-state index >= 15 is 0 Å². The van der Waals surface area contributed by atoms with Crippen molar-refractivity contribution in [2.45, 2.75) is 119 Å². The molecule has 5 rings (SSSR count). The molecule has 3 unspecified atom stereocenters. The van der Waals surface area contributed by atoms with E-state index in [1.165, 1.54) is 18.4 Å². The van der Waals surface area contributed by atoms with Crippen LogP contribution in [0.4, 0.5) is 0 Å². The number of carboxylic acids is 1. The lowest BCUT2D eigenvalue weighted by Crippen LogP contribution is -2.65. The van der Waals surface area contributed by atoms with E-state index < -0.39 is 11.4 Å². The normalized spacial score (nSPS) is 52.4. The Labute approximate surface area is 201 Å². The Morgan fingerprint density at radius 2 is 1.55 bits per heavy atom. The van der Waals surface area contributed by atoms with Gasteiger partial charge in [0.1, 0.15) is 0 Å². The van der Waals surface area contributed by atoms with Crippen LogP contribution in [-0.4, -0.2) is 22.3 Å². The molecule has 0 saturated heterocycles. The third-order valence-electron chi connectivity index (χ3n) is 13.0. The molecule has 186 valence electrons. The maximum Gasteiger partial charge on any atom is 0.310 e. The lowest BCUT2D eigenvalue weighted by atomic mass is 9.33. The minimum atomic E-state index is -0.553. The first-order chi connectivity index (χ1) is 15.1. The molecule has 0 aromatic rings. The molecular weight excluding hydrogens is 408 g/mol. The van der Waals surface area contributed by atoms with Crippen LogP contribution in [0.15, 0.2) is 11.6 Å². The Hall–Kier alpha value is -0.830. The molecule has 4 fully saturated rings.